The van der Waals surface area contributed by atoms with Gasteiger partial charge in [0.2, 0.25) is 0 Å². The Labute approximate surface area is 213 Å². The number of terminal acetylenes is 1. The van der Waals surface area contributed by atoms with Gasteiger partial charge in [0, 0.05) is 28.8 Å². The summed E-state index contributed by atoms with van der Waals surface area (Å²) in [7, 11) is 0. The first-order chi connectivity index (χ1) is 17.0. The van der Waals surface area contributed by atoms with E-state index in [1.54, 1.807) is 11.3 Å². The number of aromatic nitrogens is 4. The average Bonchev–Trinajstić information content (AvgIpc) is 3.33. The molecule has 3 aromatic heterocycles. The van der Waals surface area contributed by atoms with E-state index in [0.717, 1.165) is 68.9 Å². The van der Waals surface area contributed by atoms with Crippen molar-refractivity contribution < 1.29 is 0 Å². The molecule has 1 aliphatic heterocycles. The number of pyridine rings is 1. The van der Waals surface area contributed by atoms with Crippen LogP contribution in [0.3, 0.4) is 0 Å². The third-order valence-electron chi connectivity index (χ3n) is 5.87. The number of halogens is 1. The highest BCUT2D eigenvalue weighted by Crippen LogP contribution is 2.36. The standard InChI is InChI=1S/C28H22ClN5S/c1-4-5-6-7-20-8-13-23(30-16-20)14-15-24-18(2)26-27(21-9-11-22(29)12-10-21)31-17-25-33-32-19(3)34(25)28(26)35-24/h1,8-13,16H,5-7,17H2,2-3H3. The first-order valence-electron chi connectivity index (χ1n) is 11.3. The third-order valence-corrected chi connectivity index (χ3v) is 7.32. The van der Waals surface area contributed by atoms with Crippen LogP contribution >= 0.6 is 22.9 Å². The quantitative estimate of drug-likeness (QED) is 0.269. The van der Waals surface area contributed by atoms with Gasteiger partial charge in [-0.1, -0.05) is 29.8 Å². The van der Waals surface area contributed by atoms with Crippen molar-refractivity contribution in [3.8, 4) is 29.2 Å². The Bertz CT molecular complexity index is 1520. The largest absolute Gasteiger partial charge is 0.276 e. The maximum Gasteiger partial charge on any atom is 0.160 e. The summed E-state index contributed by atoms with van der Waals surface area (Å²) in [5.74, 6) is 10.9. The number of rotatable bonds is 4. The molecule has 0 atom stereocenters. The molecule has 4 aromatic rings. The summed E-state index contributed by atoms with van der Waals surface area (Å²) in [6.07, 6.45) is 9.89. The zero-order chi connectivity index (χ0) is 24.4. The number of hydrogen-bond donors (Lipinski definition) is 0. The van der Waals surface area contributed by atoms with Gasteiger partial charge in [0.15, 0.2) is 5.82 Å². The molecule has 0 amide bonds. The average molecular weight is 496 g/mol. The van der Waals surface area contributed by atoms with E-state index in [4.69, 9.17) is 23.0 Å². The van der Waals surface area contributed by atoms with E-state index in [-0.39, 0.29) is 0 Å². The molecule has 7 heteroatoms. The molecule has 0 saturated carbocycles. The zero-order valence-corrected chi connectivity index (χ0v) is 21.0. The van der Waals surface area contributed by atoms with Crippen LogP contribution < -0.4 is 0 Å². The summed E-state index contributed by atoms with van der Waals surface area (Å²) in [6, 6.07) is 11.8. The van der Waals surface area contributed by atoms with Gasteiger partial charge in [-0.15, -0.1) is 33.9 Å². The number of aliphatic imine (C=N–C) groups is 1. The van der Waals surface area contributed by atoms with Gasteiger partial charge in [0.05, 0.1) is 10.6 Å². The topological polar surface area (TPSA) is 56.0 Å². The highest BCUT2D eigenvalue weighted by molar-refractivity contribution is 7.15. The number of fused-ring (bicyclic) bond motifs is 3. The molecule has 0 spiro atoms. The Hall–Kier alpha value is -3.71. The monoisotopic (exact) mass is 495 g/mol. The van der Waals surface area contributed by atoms with Crippen LogP contribution in [0.1, 0.15) is 57.3 Å². The van der Waals surface area contributed by atoms with Crippen LogP contribution in [0.2, 0.25) is 5.02 Å². The first-order valence-corrected chi connectivity index (χ1v) is 12.5. The van der Waals surface area contributed by atoms with Crippen LogP contribution in [-0.4, -0.2) is 25.5 Å². The first kappa shape index (κ1) is 23.1. The third kappa shape index (κ3) is 4.64. The van der Waals surface area contributed by atoms with Crippen molar-refractivity contribution in [1.29, 1.82) is 0 Å². The van der Waals surface area contributed by atoms with Crippen LogP contribution in [0.15, 0.2) is 47.6 Å². The Morgan fingerprint density at radius 3 is 2.66 bits per heavy atom. The van der Waals surface area contributed by atoms with Crippen molar-refractivity contribution in [3.63, 3.8) is 0 Å². The molecular formula is C28H22ClN5S. The molecule has 0 bridgehead atoms. The van der Waals surface area contributed by atoms with E-state index in [1.807, 2.05) is 43.5 Å². The second-order valence-electron chi connectivity index (χ2n) is 8.27. The number of thiophene rings is 1. The Balaban J connectivity index is 1.54. The van der Waals surface area contributed by atoms with Gasteiger partial charge < -0.3 is 0 Å². The lowest BCUT2D eigenvalue weighted by molar-refractivity contribution is 0.853. The Morgan fingerprint density at radius 2 is 1.91 bits per heavy atom. The summed E-state index contributed by atoms with van der Waals surface area (Å²) in [5, 5.41) is 10.4. The predicted octanol–water partition coefficient (Wildman–Crippen LogP) is 5.70. The molecule has 0 aliphatic carbocycles. The lowest BCUT2D eigenvalue weighted by atomic mass is 10.00. The lowest BCUT2D eigenvalue weighted by Crippen LogP contribution is -2.07. The number of hydrogen-bond acceptors (Lipinski definition) is 5. The van der Waals surface area contributed by atoms with Crippen molar-refractivity contribution in [3.05, 3.63) is 92.1 Å². The fraction of sp³-hybridized carbons (Fsp3) is 0.214. The fourth-order valence-electron chi connectivity index (χ4n) is 4.06. The van der Waals surface area contributed by atoms with Crippen LogP contribution in [-0.2, 0) is 13.0 Å². The van der Waals surface area contributed by atoms with Gasteiger partial charge in [-0.05, 0) is 67.9 Å². The zero-order valence-electron chi connectivity index (χ0n) is 19.5. The summed E-state index contributed by atoms with van der Waals surface area (Å²) in [6.45, 7) is 4.51. The van der Waals surface area contributed by atoms with E-state index in [9.17, 15) is 0 Å². The normalized spacial score (nSPS) is 12.0. The molecule has 1 aliphatic rings. The number of aryl methyl sites for hydroxylation is 2. The van der Waals surface area contributed by atoms with Crippen molar-refractivity contribution >= 4 is 28.6 Å². The molecular weight excluding hydrogens is 474 g/mol. The minimum Gasteiger partial charge on any atom is -0.276 e. The van der Waals surface area contributed by atoms with Crippen LogP contribution in [0.4, 0.5) is 0 Å². The lowest BCUT2D eigenvalue weighted by Gasteiger charge is -2.09. The van der Waals surface area contributed by atoms with Crippen molar-refractivity contribution in [1.82, 2.24) is 19.7 Å². The van der Waals surface area contributed by atoms with E-state index in [1.165, 1.54) is 5.56 Å². The van der Waals surface area contributed by atoms with Gasteiger partial charge in [-0.3, -0.25) is 9.56 Å². The van der Waals surface area contributed by atoms with Gasteiger partial charge in [0.1, 0.15) is 23.1 Å². The highest BCUT2D eigenvalue weighted by atomic mass is 35.5. The summed E-state index contributed by atoms with van der Waals surface area (Å²) in [5.41, 5.74) is 5.97. The number of unbranched alkanes of at least 4 members (excludes halogenated alkanes) is 1. The summed E-state index contributed by atoms with van der Waals surface area (Å²) >= 11 is 7.77. The van der Waals surface area contributed by atoms with Crippen molar-refractivity contribution in [2.24, 2.45) is 4.99 Å². The smallest absolute Gasteiger partial charge is 0.160 e. The predicted molar refractivity (Wildman–Crippen MR) is 141 cm³/mol. The highest BCUT2D eigenvalue weighted by Gasteiger charge is 2.27. The van der Waals surface area contributed by atoms with Crippen molar-refractivity contribution in [2.75, 3.05) is 0 Å². The molecule has 0 fully saturated rings. The molecule has 5 rings (SSSR count). The minimum absolute atomic E-state index is 0.457. The Kier molecular flexibility index (Phi) is 6.51. The van der Waals surface area contributed by atoms with Crippen LogP contribution in [0.25, 0.3) is 5.00 Å². The molecule has 1 aromatic carbocycles. The van der Waals surface area contributed by atoms with E-state index < -0.39 is 0 Å². The van der Waals surface area contributed by atoms with E-state index in [0.29, 0.717) is 11.6 Å². The van der Waals surface area contributed by atoms with Gasteiger partial charge in [0.25, 0.3) is 0 Å². The maximum atomic E-state index is 6.14. The van der Waals surface area contributed by atoms with E-state index >= 15 is 0 Å². The molecule has 0 radical (unpaired) electrons. The fourth-order valence-corrected chi connectivity index (χ4v) is 5.42. The second-order valence-corrected chi connectivity index (χ2v) is 9.70. The Morgan fingerprint density at radius 1 is 1.09 bits per heavy atom. The number of nitrogens with zero attached hydrogens (tertiary/aromatic N) is 5. The van der Waals surface area contributed by atoms with E-state index in [2.05, 4.69) is 50.5 Å². The molecule has 0 saturated heterocycles. The van der Waals surface area contributed by atoms with Gasteiger partial charge in [-0.2, -0.15) is 0 Å². The molecule has 0 unspecified atom stereocenters. The van der Waals surface area contributed by atoms with Crippen LogP contribution in [0, 0.1) is 38.0 Å². The molecule has 0 N–H and O–H groups in total. The maximum absolute atomic E-state index is 6.14. The van der Waals surface area contributed by atoms with Crippen LogP contribution in [0.5, 0.6) is 0 Å². The molecule has 172 valence electrons. The summed E-state index contributed by atoms with van der Waals surface area (Å²) < 4.78 is 2.09. The summed E-state index contributed by atoms with van der Waals surface area (Å²) in [4.78, 5) is 10.4. The molecule has 5 nitrogen and oxygen atoms in total. The molecule has 35 heavy (non-hydrogen) atoms. The van der Waals surface area contributed by atoms with Gasteiger partial charge >= 0.3 is 0 Å². The molecule has 4 heterocycles. The van der Waals surface area contributed by atoms with Gasteiger partial charge in [-0.25, -0.2) is 4.98 Å². The second kappa shape index (κ2) is 9.88. The number of benzene rings is 1. The minimum atomic E-state index is 0.457. The SMILES string of the molecule is C#CCCCc1ccc(C#Cc2sc3c(c2C)C(c2ccc(Cl)cc2)=NCc2nnc(C)n2-3)nc1. The van der Waals surface area contributed by atoms with Crippen molar-refractivity contribution in [2.45, 2.75) is 39.7 Å².